The summed E-state index contributed by atoms with van der Waals surface area (Å²) < 4.78 is 19.4. The number of fused-ring (bicyclic) bond motifs is 1. The topological polar surface area (TPSA) is 73.3 Å². The van der Waals surface area contributed by atoms with Crippen molar-refractivity contribution in [1.29, 1.82) is 0 Å². The molecule has 0 fully saturated rings. The summed E-state index contributed by atoms with van der Waals surface area (Å²) in [5, 5.41) is 3.87. The quantitative estimate of drug-likeness (QED) is 0.698. The van der Waals surface area contributed by atoms with Crippen molar-refractivity contribution in [3.63, 3.8) is 0 Å². The van der Waals surface area contributed by atoms with Crippen LogP contribution in [0.4, 0.5) is 0 Å². The van der Waals surface area contributed by atoms with E-state index in [0.717, 1.165) is 29.9 Å². The van der Waals surface area contributed by atoms with Gasteiger partial charge in [0.1, 0.15) is 5.65 Å². The van der Waals surface area contributed by atoms with Crippen molar-refractivity contribution in [3.05, 3.63) is 47.5 Å². The van der Waals surface area contributed by atoms with Gasteiger partial charge in [0.25, 0.3) is 0 Å². The largest absolute Gasteiger partial charge is 0.339 e. The molecule has 1 unspecified atom stereocenters. The highest BCUT2D eigenvalue weighted by molar-refractivity contribution is 7.83. The van der Waals surface area contributed by atoms with E-state index in [2.05, 4.69) is 15.1 Å². The molecule has 0 saturated carbocycles. The smallest absolute Gasteiger partial charge is 0.226 e. The van der Waals surface area contributed by atoms with Gasteiger partial charge in [-0.1, -0.05) is 18.1 Å². The van der Waals surface area contributed by atoms with Gasteiger partial charge in [0.05, 0.1) is 17.2 Å². The third kappa shape index (κ3) is 3.24. The molecular weight excluding hydrogens is 300 g/mol. The summed E-state index contributed by atoms with van der Waals surface area (Å²) in [5.74, 6) is 1.79. The Balaban J connectivity index is 1.68. The Labute approximate surface area is 131 Å². The molecular formula is C15H18N4O2S. The number of imidazole rings is 1. The summed E-state index contributed by atoms with van der Waals surface area (Å²) in [4.78, 5) is 8.74. The summed E-state index contributed by atoms with van der Waals surface area (Å²) in [6, 6.07) is 5.92. The van der Waals surface area contributed by atoms with Crippen LogP contribution in [-0.4, -0.2) is 23.7 Å². The molecule has 3 heterocycles. The Kier molecular flexibility index (Phi) is 4.33. The van der Waals surface area contributed by atoms with Crippen molar-refractivity contribution in [2.75, 3.05) is 0 Å². The van der Waals surface area contributed by atoms with E-state index in [0.29, 0.717) is 23.2 Å². The molecule has 0 bridgehead atoms. The Morgan fingerprint density at radius 1 is 1.27 bits per heavy atom. The molecule has 0 aromatic carbocycles. The van der Waals surface area contributed by atoms with Gasteiger partial charge in [-0.3, -0.25) is 4.21 Å². The van der Waals surface area contributed by atoms with Crippen molar-refractivity contribution < 1.29 is 8.73 Å². The van der Waals surface area contributed by atoms with Crippen molar-refractivity contribution >= 4 is 16.4 Å². The van der Waals surface area contributed by atoms with Crippen LogP contribution in [0.25, 0.3) is 5.65 Å². The van der Waals surface area contributed by atoms with Gasteiger partial charge in [0.15, 0.2) is 5.82 Å². The normalized spacial score (nSPS) is 12.8. The summed E-state index contributed by atoms with van der Waals surface area (Å²) in [7, 11) is -1.11. The lowest BCUT2D eigenvalue weighted by Crippen LogP contribution is -2.01. The minimum Gasteiger partial charge on any atom is -0.339 e. The van der Waals surface area contributed by atoms with Crippen LogP contribution in [0.15, 0.2) is 28.9 Å². The van der Waals surface area contributed by atoms with Crippen LogP contribution in [0.2, 0.25) is 0 Å². The van der Waals surface area contributed by atoms with Crippen LogP contribution in [0, 0.1) is 6.92 Å². The zero-order valence-corrected chi connectivity index (χ0v) is 13.5. The molecule has 3 aromatic rings. The lowest BCUT2D eigenvalue weighted by Gasteiger charge is -1.96. The van der Waals surface area contributed by atoms with Gasteiger partial charge in [-0.05, 0) is 25.5 Å². The molecule has 3 aromatic heterocycles. The van der Waals surface area contributed by atoms with Crippen LogP contribution >= 0.6 is 0 Å². The second kappa shape index (κ2) is 6.39. The predicted molar refractivity (Wildman–Crippen MR) is 83.8 cm³/mol. The number of nitrogens with zero attached hydrogens (tertiary/aromatic N) is 4. The zero-order chi connectivity index (χ0) is 15.5. The summed E-state index contributed by atoms with van der Waals surface area (Å²) in [6.07, 6.45) is 3.64. The summed E-state index contributed by atoms with van der Waals surface area (Å²) in [5.41, 5.74) is 2.78. The van der Waals surface area contributed by atoms with Gasteiger partial charge >= 0.3 is 0 Å². The number of pyridine rings is 1. The Morgan fingerprint density at radius 3 is 2.91 bits per heavy atom. The highest BCUT2D eigenvalue weighted by Crippen LogP contribution is 2.11. The van der Waals surface area contributed by atoms with E-state index in [1.54, 1.807) is 0 Å². The number of aromatic nitrogens is 4. The molecule has 0 spiro atoms. The number of rotatable bonds is 6. The fourth-order valence-electron chi connectivity index (χ4n) is 2.29. The minimum absolute atomic E-state index is 0.292. The molecule has 0 aliphatic rings. The maximum atomic E-state index is 12.3. The molecule has 22 heavy (non-hydrogen) atoms. The third-order valence-corrected chi connectivity index (χ3v) is 4.52. The summed E-state index contributed by atoms with van der Waals surface area (Å²) in [6.45, 7) is 4.07. The second-order valence-corrected chi connectivity index (χ2v) is 6.67. The lowest BCUT2D eigenvalue weighted by atomic mass is 10.3. The molecule has 0 saturated heterocycles. The fourth-order valence-corrected chi connectivity index (χ4v) is 3.27. The highest BCUT2D eigenvalue weighted by Gasteiger charge is 2.12. The fraction of sp³-hybridized carbons (Fsp3) is 0.400. The molecule has 0 amide bonds. The van der Waals surface area contributed by atoms with Gasteiger partial charge < -0.3 is 8.92 Å². The standard InChI is InChI=1S/C15H18N4O2S/c1-3-5-15-17-13(18-21-15)10-22(20)9-12-8-19-11(2)6-4-7-14(19)16-12/h4,6-8H,3,5,9-10H2,1-2H3. The Bertz CT molecular complexity index is 809. The molecule has 116 valence electrons. The maximum absolute atomic E-state index is 12.3. The first-order valence-corrected chi connectivity index (χ1v) is 8.74. The van der Waals surface area contributed by atoms with Gasteiger partial charge in [0, 0.05) is 29.1 Å². The molecule has 0 radical (unpaired) electrons. The van der Waals surface area contributed by atoms with E-state index >= 15 is 0 Å². The van der Waals surface area contributed by atoms with E-state index in [-0.39, 0.29) is 0 Å². The SMILES string of the molecule is CCCc1nc(CS(=O)Cc2cn3c(C)cccc3n2)no1. The maximum Gasteiger partial charge on any atom is 0.226 e. The summed E-state index contributed by atoms with van der Waals surface area (Å²) >= 11 is 0. The van der Waals surface area contributed by atoms with E-state index in [1.807, 2.05) is 42.6 Å². The zero-order valence-electron chi connectivity index (χ0n) is 12.7. The van der Waals surface area contributed by atoms with Crippen molar-refractivity contribution in [1.82, 2.24) is 19.5 Å². The van der Waals surface area contributed by atoms with Crippen molar-refractivity contribution in [3.8, 4) is 0 Å². The van der Waals surface area contributed by atoms with E-state index in [4.69, 9.17) is 4.52 Å². The van der Waals surface area contributed by atoms with E-state index in [1.165, 1.54) is 0 Å². The van der Waals surface area contributed by atoms with Crippen LogP contribution < -0.4 is 0 Å². The van der Waals surface area contributed by atoms with Gasteiger partial charge in [-0.2, -0.15) is 4.98 Å². The van der Waals surface area contributed by atoms with Crippen LogP contribution in [0.5, 0.6) is 0 Å². The molecule has 1 atom stereocenters. The number of hydrogen-bond donors (Lipinski definition) is 0. The first-order chi connectivity index (χ1) is 10.7. The van der Waals surface area contributed by atoms with Gasteiger partial charge in [0.2, 0.25) is 5.89 Å². The van der Waals surface area contributed by atoms with Gasteiger partial charge in [-0.25, -0.2) is 4.98 Å². The Hall–Kier alpha value is -2.02. The predicted octanol–water partition coefficient (Wildman–Crippen LogP) is 2.43. The molecule has 0 aliphatic heterocycles. The monoisotopic (exact) mass is 318 g/mol. The van der Waals surface area contributed by atoms with E-state index < -0.39 is 10.8 Å². The second-order valence-electron chi connectivity index (χ2n) is 5.21. The minimum atomic E-state index is -1.11. The highest BCUT2D eigenvalue weighted by atomic mass is 32.2. The molecule has 7 heteroatoms. The number of hydrogen-bond acceptors (Lipinski definition) is 5. The van der Waals surface area contributed by atoms with Crippen LogP contribution in [0.1, 0.15) is 36.4 Å². The third-order valence-electron chi connectivity index (χ3n) is 3.32. The van der Waals surface area contributed by atoms with Gasteiger partial charge in [-0.15, -0.1) is 0 Å². The molecule has 0 aliphatic carbocycles. The molecule has 0 N–H and O–H groups in total. The van der Waals surface area contributed by atoms with Crippen molar-refractivity contribution in [2.24, 2.45) is 0 Å². The average molecular weight is 318 g/mol. The molecule has 3 rings (SSSR count). The Morgan fingerprint density at radius 2 is 2.14 bits per heavy atom. The van der Waals surface area contributed by atoms with Crippen LogP contribution in [-0.2, 0) is 28.7 Å². The first kappa shape index (κ1) is 14.9. The molecule has 6 nitrogen and oxygen atoms in total. The van der Waals surface area contributed by atoms with Crippen LogP contribution in [0.3, 0.4) is 0 Å². The number of aryl methyl sites for hydroxylation is 2. The lowest BCUT2D eigenvalue weighted by molar-refractivity contribution is 0.373. The average Bonchev–Trinajstić information content (AvgIpc) is 3.06. The van der Waals surface area contributed by atoms with E-state index in [9.17, 15) is 4.21 Å². The first-order valence-electron chi connectivity index (χ1n) is 7.25. The van der Waals surface area contributed by atoms with Crippen molar-refractivity contribution in [2.45, 2.75) is 38.2 Å².